The molecule has 3 aromatic rings. The molecule has 0 saturated carbocycles. The maximum Gasteiger partial charge on any atom is 0.262 e. The number of halogens is 1. The number of benzene rings is 2. The first kappa shape index (κ1) is 18.7. The highest BCUT2D eigenvalue weighted by Gasteiger charge is 2.21. The summed E-state index contributed by atoms with van der Waals surface area (Å²) in [5, 5.41) is 3.95. The van der Waals surface area contributed by atoms with Crippen LogP contribution in [0.4, 0.5) is 5.69 Å². The Morgan fingerprint density at radius 1 is 1.04 bits per heavy atom. The number of nitrogens with one attached hydrogen (secondary N) is 1. The molecule has 0 unspecified atom stereocenters. The molecule has 5 nitrogen and oxygen atoms in total. The Balaban J connectivity index is 2.04. The lowest BCUT2D eigenvalue weighted by Crippen LogP contribution is -2.14. The average Bonchev–Trinajstić information content (AvgIpc) is 2.90. The maximum atomic E-state index is 13.0. The number of rotatable bonds is 4. The van der Waals surface area contributed by atoms with E-state index in [4.69, 9.17) is 4.52 Å². The molecule has 0 spiro atoms. The minimum absolute atomic E-state index is 0.205. The van der Waals surface area contributed by atoms with Crippen LogP contribution >= 0.6 is 15.9 Å². The first-order valence-electron chi connectivity index (χ1n) is 8.02. The molecule has 0 aliphatic heterocycles. The number of nitrogens with zero attached hydrogens (tertiary/aromatic N) is 1. The summed E-state index contributed by atoms with van der Waals surface area (Å²) in [5.41, 5.74) is 4.54. The van der Waals surface area contributed by atoms with E-state index in [1.54, 1.807) is 25.1 Å². The fraction of sp³-hybridized carbons (Fsp3) is 0.211. The van der Waals surface area contributed by atoms with Gasteiger partial charge < -0.3 is 4.52 Å². The van der Waals surface area contributed by atoms with E-state index in [1.807, 2.05) is 39.0 Å². The van der Waals surface area contributed by atoms with Crippen molar-refractivity contribution in [2.24, 2.45) is 0 Å². The SMILES string of the molecule is Cc1ccc(NS(=O)(=O)c2cc(-c3onc(C)c3C)ccc2C)c(Br)c1. The van der Waals surface area contributed by atoms with Gasteiger partial charge >= 0.3 is 0 Å². The van der Waals surface area contributed by atoms with E-state index in [9.17, 15) is 8.42 Å². The van der Waals surface area contributed by atoms with Crippen molar-refractivity contribution < 1.29 is 12.9 Å². The third-order valence-corrected chi connectivity index (χ3v) is 6.43. The Labute approximate surface area is 161 Å². The Bertz CT molecular complexity index is 1090. The quantitative estimate of drug-likeness (QED) is 0.616. The van der Waals surface area contributed by atoms with Crippen LogP contribution < -0.4 is 4.72 Å². The lowest BCUT2D eigenvalue weighted by Gasteiger charge is -2.13. The third kappa shape index (κ3) is 3.54. The molecular formula is C19H19BrN2O3S. The second-order valence-corrected chi connectivity index (χ2v) is 8.80. The molecule has 0 saturated heterocycles. The van der Waals surface area contributed by atoms with Gasteiger partial charge in [0.1, 0.15) is 0 Å². The number of aromatic nitrogens is 1. The zero-order valence-electron chi connectivity index (χ0n) is 14.9. The van der Waals surface area contributed by atoms with Gasteiger partial charge in [-0.25, -0.2) is 8.42 Å². The van der Waals surface area contributed by atoms with Gasteiger partial charge in [0, 0.05) is 15.6 Å². The van der Waals surface area contributed by atoms with Crippen molar-refractivity contribution in [3.05, 3.63) is 63.3 Å². The Morgan fingerprint density at radius 3 is 2.38 bits per heavy atom. The summed E-state index contributed by atoms with van der Waals surface area (Å²) in [6, 6.07) is 10.7. The molecule has 1 N–H and O–H groups in total. The molecule has 1 heterocycles. The van der Waals surface area contributed by atoms with Crippen molar-refractivity contribution in [3.63, 3.8) is 0 Å². The van der Waals surface area contributed by atoms with Crippen LogP contribution in [0.1, 0.15) is 22.4 Å². The largest absolute Gasteiger partial charge is 0.356 e. The van der Waals surface area contributed by atoms with Gasteiger partial charge in [-0.3, -0.25) is 4.72 Å². The van der Waals surface area contributed by atoms with Crippen LogP contribution in [0.3, 0.4) is 0 Å². The summed E-state index contributed by atoms with van der Waals surface area (Å²) in [5.74, 6) is 0.579. The molecule has 0 bridgehead atoms. The number of anilines is 1. The van der Waals surface area contributed by atoms with Crippen LogP contribution in [0.25, 0.3) is 11.3 Å². The number of aryl methyl sites for hydroxylation is 3. The van der Waals surface area contributed by atoms with Crippen LogP contribution in [0.5, 0.6) is 0 Å². The van der Waals surface area contributed by atoms with Gasteiger partial charge in [-0.1, -0.05) is 23.4 Å². The van der Waals surface area contributed by atoms with E-state index in [1.165, 1.54) is 0 Å². The molecule has 7 heteroatoms. The van der Waals surface area contributed by atoms with Crippen molar-refractivity contribution >= 4 is 31.6 Å². The van der Waals surface area contributed by atoms with Crippen LogP contribution in [0, 0.1) is 27.7 Å². The summed E-state index contributed by atoms with van der Waals surface area (Å²) < 4.78 is 34.6. The summed E-state index contributed by atoms with van der Waals surface area (Å²) in [7, 11) is -3.76. The Morgan fingerprint density at radius 2 is 1.77 bits per heavy atom. The molecule has 2 aromatic carbocycles. The lowest BCUT2D eigenvalue weighted by atomic mass is 10.1. The fourth-order valence-corrected chi connectivity index (χ4v) is 4.69. The van der Waals surface area contributed by atoms with E-state index in [-0.39, 0.29) is 4.90 Å². The monoisotopic (exact) mass is 434 g/mol. The minimum atomic E-state index is -3.76. The van der Waals surface area contributed by atoms with Crippen LogP contribution in [-0.4, -0.2) is 13.6 Å². The highest BCUT2D eigenvalue weighted by molar-refractivity contribution is 9.10. The van der Waals surface area contributed by atoms with E-state index in [2.05, 4.69) is 25.8 Å². The first-order valence-corrected chi connectivity index (χ1v) is 10.3. The topological polar surface area (TPSA) is 72.2 Å². The van der Waals surface area contributed by atoms with Crippen LogP contribution in [0.15, 0.2) is 50.3 Å². The van der Waals surface area contributed by atoms with Gasteiger partial charge in [0.2, 0.25) is 0 Å². The second kappa shape index (κ2) is 6.89. The fourth-order valence-electron chi connectivity index (χ4n) is 2.62. The highest BCUT2D eigenvalue weighted by Crippen LogP contribution is 2.31. The standard InChI is InChI=1S/C19H19BrN2O3S/c1-11-5-8-17(16(20)9-11)22-26(23,24)18-10-15(7-6-12(18)2)19-13(3)14(4)21-25-19/h5-10,22H,1-4H3. The molecule has 136 valence electrons. The first-order chi connectivity index (χ1) is 12.2. The Kier molecular flexibility index (Phi) is 4.94. The molecule has 0 aliphatic carbocycles. The molecule has 3 rings (SSSR count). The van der Waals surface area contributed by atoms with E-state index in [0.29, 0.717) is 27.0 Å². The molecule has 0 amide bonds. The van der Waals surface area contributed by atoms with Gasteiger partial charge in [0.25, 0.3) is 10.0 Å². The van der Waals surface area contributed by atoms with Gasteiger partial charge in [0.15, 0.2) is 5.76 Å². The third-order valence-electron chi connectivity index (χ3n) is 4.27. The van der Waals surface area contributed by atoms with Gasteiger partial charge in [-0.2, -0.15) is 0 Å². The molecule has 0 radical (unpaired) electrons. The zero-order chi connectivity index (χ0) is 19.1. The Hall–Kier alpha value is -2.12. The minimum Gasteiger partial charge on any atom is -0.356 e. The zero-order valence-corrected chi connectivity index (χ0v) is 17.3. The van der Waals surface area contributed by atoms with E-state index in [0.717, 1.165) is 16.8 Å². The number of hydrogen-bond acceptors (Lipinski definition) is 4. The number of hydrogen-bond donors (Lipinski definition) is 1. The van der Waals surface area contributed by atoms with E-state index >= 15 is 0 Å². The molecule has 0 aliphatic rings. The number of sulfonamides is 1. The van der Waals surface area contributed by atoms with Gasteiger partial charge in [-0.15, -0.1) is 0 Å². The second-order valence-electron chi connectivity index (χ2n) is 6.29. The van der Waals surface area contributed by atoms with Crippen molar-refractivity contribution in [2.75, 3.05) is 4.72 Å². The maximum absolute atomic E-state index is 13.0. The van der Waals surface area contributed by atoms with Crippen molar-refractivity contribution in [2.45, 2.75) is 32.6 Å². The van der Waals surface area contributed by atoms with Crippen LogP contribution in [-0.2, 0) is 10.0 Å². The van der Waals surface area contributed by atoms with Crippen molar-refractivity contribution in [1.82, 2.24) is 5.16 Å². The lowest BCUT2D eigenvalue weighted by molar-refractivity contribution is 0.427. The smallest absolute Gasteiger partial charge is 0.262 e. The summed E-state index contributed by atoms with van der Waals surface area (Å²) in [6.07, 6.45) is 0. The molecule has 0 atom stereocenters. The average molecular weight is 435 g/mol. The van der Waals surface area contributed by atoms with Crippen LogP contribution in [0.2, 0.25) is 0 Å². The molecule has 0 fully saturated rings. The molecule has 26 heavy (non-hydrogen) atoms. The normalized spacial score (nSPS) is 11.6. The molecular weight excluding hydrogens is 416 g/mol. The summed E-state index contributed by atoms with van der Waals surface area (Å²) >= 11 is 3.40. The molecule has 1 aromatic heterocycles. The highest BCUT2D eigenvalue weighted by atomic mass is 79.9. The summed E-state index contributed by atoms with van der Waals surface area (Å²) in [6.45, 7) is 7.46. The van der Waals surface area contributed by atoms with Gasteiger partial charge in [-0.05, 0) is 73.0 Å². The van der Waals surface area contributed by atoms with Crippen molar-refractivity contribution in [1.29, 1.82) is 0 Å². The predicted octanol–water partition coefficient (Wildman–Crippen LogP) is 5.14. The van der Waals surface area contributed by atoms with Gasteiger partial charge in [0.05, 0.1) is 16.3 Å². The predicted molar refractivity (Wildman–Crippen MR) is 106 cm³/mol. The summed E-state index contributed by atoms with van der Waals surface area (Å²) in [4.78, 5) is 0.205. The van der Waals surface area contributed by atoms with Crippen molar-refractivity contribution in [3.8, 4) is 11.3 Å². The van der Waals surface area contributed by atoms with E-state index < -0.39 is 10.0 Å².